The average Bonchev–Trinajstić information content (AvgIpc) is 3.49. The van der Waals surface area contributed by atoms with Crippen LogP contribution in [0.1, 0.15) is 88.9 Å². The zero-order valence-electron chi connectivity index (χ0n) is 21.5. The van der Waals surface area contributed by atoms with E-state index in [4.69, 9.17) is 0 Å². The molecule has 1 amide bonds. The Balaban J connectivity index is 1.00. The van der Waals surface area contributed by atoms with Crippen LogP contribution in [0.25, 0.3) is 0 Å². The minimum atomic E-state index is -2.58. The number of piperidine rings is 1. The molecule has 2 N–H and O–H groups in total. The summed E-state index contributed by atoms with van der Waals surface area (Å²) < 4.78 is 26.7. The van der Waals surface area contributed by atoms with E-state index in [1.54, 1.807) is 18.3 Å². The van der Waals surface area contributed by atoms with Gasteiger partial charge in [-0.3, -0.25) is 14.5 Å². The summed E-state index contributed by atoms with van der Waals surface area (Å²) in [6.45, 7) is 5.76. The minimum absolute atomic E-state index is 0.106. The van der Waals surface area contributed by atoms with Crippen molar-refractivity contribution in [2.75, 3.05) is 19.6 Å². The first-order valence-corrected chi connectivity index (χ1v) is 14.5. The first kappa shape index (κ1) is 26.4. The SMILES string of the molecule is CC(=O)c1ccc(CN2CCC(CNC3C[C@H]3c3cc(C(=O)NC4CCC(F)(F)CC4)cs3)CC2)cc1. The van der Waals surface area contributed by atoms with Gasteiger partial charge in [-0.25, -0.2) is 8.78 Å². The molecule has 5 nitrogen and oxygen atoms in total. The lowest BCUT2D eigenvalue weighted by Crippen LogP contribution is -2.40. The largest absolute Gasteiger partial charge is 0.349 e. The predicted molar refractivity (Wildman–Crippen MR) is 143 cm³/mol. The number of thiophene rings is 1. The topological polar surface area (TPSA) is 61.4 Å². The fourth-order valence-corrected chi connectivity index (χ4v) is 6.69. The molecule has 0 radical (unpaired) electrons. The summed E-state index contributed by atoms with van der Waals surface area (Å²) in [4.78, 5) is 27.8. The number of likely N-dealkylation sites (tertiary alicyclic amines) is 1. The highest BCUT2D eigenvalue weighted by molar-refractivity contribution is 7.10. The summed E-state index contributed by atoms with van der Waals surface area (Å²) in [7, 11) is 0. The Bertz CT molecular complexity index is 1080. The highest BCUT2D eigenvalue weighted by Crippen LogP contribution is 2.44. The van der Waals surface area contributed by atoms with Crippen molar-refractivity contribution in [3.05, 3.63) is 57.3 Å². The summed E-state index contributed by atoms with van der Waals surface area (Å²) in [5, 5.41) is 8.61. The van der Waals surface area contributed by atoms with Crippen LogP contribution in [0.15, 0.2) is 35.7 Å². The van der Waals surface area contributed by atoms with E-state index in [0.29, 0.717) is 36.3 Å². The van der Waals surface area contributed by atoms with Gasteiger partial charge < -0.3 is 10.6 Å². The second kappa shape index (κ2) is 11.3. The number of Topliss-reactive ketones (excluding diaryl/α,β-unsaturated/α-hetero) is 1. The number of nitrogens with zero attached hydrogens (tertiary/aromatic N) is 1. The number of amides is 1. The van der Waals surface area contributed by atoms with Gasteiger partial charge in [0.25, 0.3) is 5.91 Å². The van der Waals surface area contributed by atoms with Crippen LogP contribution in [0.2, 0.25) is 0 Å². The fraction of sp³-hybridized carbons (Fsp3) is 0.586. The van der Waals surface area contributed by atoms with Gasteiger partial charge in [0.2, 0.25) is 5.92 Å². The van der Waals surface area contributed by atoms with Crippen molar-refractivity contribution in [3.8, 4) is 0 Å². The molecule has 200 valence electrons. The van der Waals surface area contributed by atoms with E-state index < -0.39 is 5.92 Å². The van der Waals surface area contributed by atoms with E-state index in [1.807, 2.05) is 23.6 Å². The van der Waals surface area contributed by atoms with Crippen LogP contribution < -0.4 is 10.6 Å². The molecule has 1 unspecified atom stereocenters. The van der Waals surface area contributed by atoms with Gasteiger partial charge in [0.15, 0.2) is 5.78 Å². The number of halogens is 2. The molecule has 3 aliphatic rings. The maximum Gasteiger partial charge on any atom is 0.252 e. The van der Waals surface area contributed by atoms with Crippen LogP contribution in [0.4, 0.5) is 8.78 Å². The average molecular weight is 530 g/mol. The molecule has 1 aromatic heterocycles. The first-order valence-electron chi connectivity index (χ1n) is 13.6. The van der Waals surface area contributed by atoms with E-state index in [9.17, 15) is 18.4 Å². The van der Waals surface area contributed by atoms with E-state index in [0.717, 1.165) is 38.2 Å². The van der Waals surface area contributed by atoms with Gasteiger partial charge >= 0.3 is 0 Å². The van der Waals surface area contributed by atoms with Crippen LogP contribution in [-0.2, 0) is 6.54 Å². The number of carbonyl (C=O) groups is 2. The van der Waals surface area contributed by atoms with Crippen LogP contribution in [0, 0.1) is 5.92 Å². The molecular formula is C29H37F2N3O2S. The third kappa shape index (κ3) is 7.03. The molecule has 3 fully saturated rings. The molecule has 0 bridgehead atoms. The van der Waals surface area contributed by atoms with Crippen molar-refractivity contribution in [2.45, 2.75) is 82.3 Å². The van der Waals surface area contributed by atoms with Crippen molar-refractivity contribution in [2.24, 2.45) is 5.92 Å². The monoisotopic (exact) mass is 529 g/mol. The number of alkyl halides is 2. The highest BCUT2D eigenvalue weighted by atomic mass is 32.1. The van der Waals surface area contributed by atoms with Gasteiger partial charge in [0, 0.05) is 53.2 Å². The molecule has 2 heterocycles. The number of hydrogen-bond acceptors (Lipinski definition) is 5. The standard InChI is InChI=1S/C29H37F2N3O2S/c1-19(35)22-4-2-21(3-5-22)17-34-12-8-20(9-13-34)16-32-26-15-25(26)27-14-23(18-37-27)28(36)33-24-6-10-29(30,31)11-7-24/h2-5,14,18,20,24-26,32H,6-13,15-17H2,1H3,(H,33,36)/t25-,26?/m1/s1. The number of carbonyl (C=O) groups excluding carboxylic acids is 2. The molecule has 5 rings (SSSR count). The fourth-order valence-electron chi connectivity index (χ4n) is 5.62. The smallest absolute Gasteiger partial charge is 0.252 e. The minimum Gasteiger partial charge on any atom is -0.349 e. The Morgan fingerprint density at radius 2 is 1.76 bits per heavy atom. The second-order valence-corrected chi connectivity index (χ2v) is 12.1. The normalized spacial score (nSPS) is 24.6. The predicted octanol–water partition coefficient (Wildman–Crippen LogP) is 5.62. The molecule has 2 saturated carbocycles. The maximum absolute atomic E-state index is 13.4. The summed E-state index contributed by atoms with van der Waals surface area (Å²) in [5.74, 6) is -1.45. The lowest BCUT2D eigenvalue weighted by molar-refractivity contribution is -0.0399. The van der Waals surface area contributed by atoms with Gasteiger partial charge in [0.1, 0.15) is 0 Å². The van der Waals surface area contributed by atoms with Crippen molar-refractivity contribution < 1.29 is 18.4 Å². The van der Waals surface area contributed by atoms with Crippen LogP contribution in [0.5, 0.6) is 0 Å². The molecule has 2 aliphatic carbocycles. The molecule has 0 spiro atoms. The first-order chi connectivity index (χ1) is 17.8. The molecule has 1 aliphatic heterocycles. The number of rotatable bonds is 9. The van der Waals surface area contributed by atoms with Crippen LogP contribution >= 0.6 is 11.3 Å². The highest BCUT2D eigenvalue weighted by Gasteiger charge is 2.40. The molecule has 1 aromatic carbocycles. The molecule has 2 aromatic rings. The Morgan fingerprint density at radius 1 is 1.05 bits per heavy atom. The van der Waals surface area contributed by atoms with E-state index in [2.05, 4.69) is 27.7 Å². The molecule has 37 heavy (non-hydrogen) atoms. The number of hydrogen-bond donors (Lipinski definition) is 2. The summed E-state index contributed by atoms with van der Waals surface area (Å²) >= 11 is 1.63. The Morgan fingerprint density at radius 3 is 2.43 bits per heavy atom. The Hall–Kier alpha value is -2.16. The van der Waals surface area contributed by atoms with Crippen molar-refractivity contribution >= 4 is 23.0 Å². The number of nitrogens with one attached hydrogen (secondary N) is 2. The zero-order chi connectivity index (χ0) is 26.0. The number of ketones is 1. The summed E-state index contributed by atoms with van der Waals surface area (Å²) in [6, 6.07) is 10.3. The van der Waals surface area contributed by atoms with Gasteiger partial charge in [-0.1, -0.05) is 24.3 Å². The summed E-state index contributed by atoms with van der Waals surface area (Å²) in [5.41, 5.74) is 2.68. The lowest BCUT2D eigenvalue weighted by atomic mass is 9.92. The molecular weight excluding hydrogens is 492 g/mol. The molecule has 1 saturated heterocycles. The molecule has 8 heteroatoms. The van der Waals surface area contributed by atoms with Crippen LogP contribution in [0.3, 0.4) is 0 Å². The van der Waals surface area contributed by atoms with E-state index in [-0.39, 0.29) is 30.6 Å². The van der Waals surface area contributed by atoms with Gasteiger partial charge in [-0.05, 0) is 76.2 Å². The zero-order valence-corrected chi connectivity index (χ0v) is 22.3. The third-order valence-electron chi connectivity index (χ3n) is 8.23. The van der Waals surface area contributed by atoms with Crippen molar-refractivity contribution in [3.63, 3.8) is 0 Å². The number of benzene rings is 1. The van der Waals surface area contributed by atoms with Gasteiger partial charge in [0.05, 0.1) is 5.56 Å². The summed E-state index contributed by atoms with van der Waals surface area (Å²) in [6.07, 6.45) is 3.89. The van der Waals surface area contributed by atoms with E-state index >= 15 is 0 Å². The Kier molecular flexibility index (Phi) is 8.07. The molecule has 2 atom stereocenters. The van der Waals surface area contributed by atoms with Crippen molar-refractivity contribution in [1.82, 2.24) is 15.5 Å². The lowest BCUT2D eigenvalue weighted by Gasteiger charge is -2.32. The van der Waals surface area contributed by atoms with Crippen molar-refractivity contribution in [1.29, 1.82) is 0 Å². The second-order valence-electron chi connectivity index (χ2n) is 11.2. The Labute approximate surface area is 222 Å². The quantitative estimate of drug-likeness (QED) is 0.414. The van der Waals surface area contributed by atoms with Gasteiger partial charge in [-0.2, -0.15) is 0 Å². The van der Waals surface area contributed by atoms with E-state index in [1.165, 1.54) is 23.3 Å². The van der Waals surface area contributed by atoms with Gasteiger partial charge in [-0.15, -0.1) is 11.3 Å². The maximum atomic E-state index is 13.4. The third-order valence-corrected chi connectivity index (χ3v) is 9.30. The van der Waals surface area contributed by atoms with Crippen LogP contribution in [-0.4, -0.2) is 54.2 Å².